The fraction of sp³-hybridized carbons (Fsp3) is 0.357. The van der Waals surface area contributed by atoms with Crippen molar-refractivity contribution in [3.8, 4) is 0 Å². The number of nitrogens with one attached hydrogen (secondary N) is 1. The van der Waals surface area contributed by atoms with Crippen molar-refractivity contribution in [1.29, 1.82) is 0 Å². The first-order valence-electron chi connectivity index (χ1n) is 5.97. The van der Waals surface area contributed by atoms with Gasteiger partial charge in [-0.3, -0.25) is 0 Å². The van der Waals surface area contributed by atoms with Crippen molar-refractivity contribution in [3.63, 3.8) is 0 Å². The van der Waals surface area contributed by atoms with Crippen LogP contribution in [-0.2, 0) is 12.1 Å². The maximum Gasteiger partial charge on any atom is 0.0951 e. The molecule has 0 radical (unpaired) electrons. The van der Waals surface area contributed by atoms with Crippen molar-refractivity contribution >= 4 is 15.9 Å². The maximum atomic E-state index is 4.27. The number of hydrogen-bond acceptors (Lipinski definition) is 2. The second-order valence-corrected chi connectivity index (χ2v) is 5.83. The Morgan fingerprint density at radius 3 is 2.83 bits per heavy atom. The monoisotopic (exact) mass is 307 g/mol. The molecule has 0 amide bonds. The van der Waals surface area contributed by atoms with Gasteiger partial charge in [-0.15, -0.1) is 0 Å². The molecule has 0 fully saturated rings. The lowest BCUT2D eigenvalue weighted by atomic mass is 10.0. The molecule has 1 heterocycles. The minimum absolute atomic E-state index is 0.0808. The van der Waals surface area contributed by atoms with Crippen LogP contribution in [0.3, 0.4) is 0 Å². The van der Waals surface area contributed by atoms with Crippen molar-refractivity contribution in [1.82, 2.24) is 14.9 Å². The molecule has 0 aliphatic heterocycles. The van der Waals surface area contributed by atoms with E-state index in [1.165, 1.54) is 11.3 Å². The zero-order chi connectivity index (χ0) is 13.2. The first-order valence-corrected chi connectivity index (χ1v) is 6.76. The van der Waals surface area contributed by atoms with E-state index in [9.17, 15) is 0 Å². The van der Waals surface area contributed by atoms with E-state index < -0.39 is 0 Å². The summed E-state index contributed by atoms with van der Waals surface area (Å²) in [6, 6.07) is 8.35. The highest BCUT2D eigenvalue weighted by atomic mass is 79.9. The van der Waals surface area contributed by atoms with E-state index in [-0.39, 0.29) is 5.54 Å². The lowest BCUT2D eigenvalue weighted by Crippen LogP contribution is -2.35. The third-order valence-corrected chi connectivity index (χ3v) is 3.71. The van der Waals surface area contributed by atoms with Gasteiger partial charge in [-0.1, -0.05) is 28.1 Å². The van der Waals surface area contributed by atoms with Gasteiger partial charge in [-0.25, -0.2) is 4.98 Å². The summed E-state index contributed by atoms with van der Waals surface area (Å²) >= 11 is 3.50. The van der Waals surface area contributed by atoms with Crippen LogP contribution in [0.2, 0.25) is 0 Å². The fourth-order valence-electron chi connectivity index (χ4n) is 1.93. The molecule has 0 spiro atoms. The highest BCUT2D eigenvalue weighted by Gasteiger charge is 2.21. The van der Waals surface area contributed by atoms with E-state index in [2.05, 4.69) is 62.8 Å². The van der Waals surface area contributed by atoms with E-state index in [0.29, 0.717) is 0 Å². The Bertz CT molecular complexity index is 531. The van der Waals surface area contributed by atoms with Crippen molar-refractivity contribution in [2.45, 2.75) is 25.9 Å². The molecular formula is C14H18BrN3. The summed E-state index contributed by atoms with van der Waals surface area (Å²) in [5.74, 6) is 0. The molecule has 0 saturated carbocycles. The van der Waals surface area contributed by atoms with Gasteiger partial charge in [0.2, 0.25) is 0 Å². The van der Waals surface area contributed by atoms with Gasteiger partial charge in [0.05, 0.1) is 23.8 Å². The Morgan fingerprint density at radius 1 is 1.39 bits per heavy atom. The van der Waals surface area contributed by atoms with E-state index in [1.54, 1.807) is 0 Å². The summed E-state index contributed by atoms with van der Waals surface area (Å²) in [5.41, 5.74) is 2.36. The molecule has 0 aliphatic carbocycles. The molecule has 0 unspecified atom stereocenters. The molecule has 0 atom stereocenters. The highest BCUT2D eigenvalue weighted by Crippen LogP contribution is 2.20. The summed E-state index contributed by atoms with van der Waals surface area (Å²) in [4.78, 5) is 4.27. The lowest BCUT2D eigenvalue weighted by Gasteiger charge is -2.25. The molecule has 4 heteroatoms. The molecule has 2 rings (SSSR count). The molecule has 1 N–H and O–H groups in total. The van der Waals surface area contributed by atoms with Crippen molar-refractivity contribution in [3.05, 3.63) is 52.5 Å². The van der Waals surface area contributed by atoms with Crippen LogP contribution in [-0.4, -0.2) is 16.6 Å². The van der Waals surface area contributed by atoms with E-state index in [4.69, 9.17) is 0 Å². The normalized spacial score (nSPS) is 11.8. The number of hydrogen-bond donors (Lipinski definition) is 1. The molecule has 1 aromatic carbocycles. The van der Waals surface area contributed by atoms with E-state index in [1.807, 2.05) is 25.6 Å². The highest BCUT2D eigenvalue weighted by molar-refractivity contribution is 9.10. The molecule has 3 nitrogen and oxygen atoms in total. The number of nitrogens with zero attached hydrogens (tertiary/aromatic N) is 2. The minimum Gasteiger partial charge on any atom is -0.328 e. The number of aromatic nitrogens is 2. The molecular weight excluding hydrogens is 290 g/mol. The first kappa shape index (κ1) is 13.3. The second-order valence-electron chi connectivity index (χ2n) is 4.91. The van der Waals surface area contributed by atoms with E-state index in [0.717, 1.165) is 11.0 Å². The smallest absolute Gasteiger partial charge is 0.0951 e. The largest absolute Gasteiger partial charge is 0.328 e. The van der Waals surface area contributed by atoms with Crippen LogP contribution in [0.5, 0.6) is 0 Å². The minimum atomic E-state index is -0.0808. The van der Waals surface area contributed by atoms with Crippen LogP contribution in [0.4, 0.5) is 0 Å². The van der Waals surface area contributed by atoms with Gasteiger partial charge >= 0.3 is 0 Å². The molecule has 0 bridgehead atoms. The molecule has 0 aliphatic rings. The van der Waals surface area contributed by atoms with Crippen LogP contribution in [0.25, 0.3) is 0 Å². The molecule has 1 aromatic heterocycles. The summed E-state index contributed by atoms with van der Waals surface area (Å²) in [7, 11) is 1.97. The average Bonchev–Trinajstić information content (AvgIpc) is 2.78. The van der Waals surface area contributed by atoms with Gasteiger partial charge in [0.1, 0.15) is 0 Å². The molecule has 0 saturated heterocycles. The predicted octanol–water partition coefficient (Wildman–Crippen LogP) is 3.15. The van der Waals surface area contributed by atoms with Crippen LogP contribution < -0.4 is 5.32 Å². The summed E-state index contributed by atoms with van der Waals surface area (Å²) in [6.45, 7) is 5.14. The first-order chi connectivity index (χ1) is 8.53. The topological polar surface area (TPSA) is 29.9 Å². The Hall–Kier alpha value is -1.13. The van der Waals surface area contributed by atoms with Gasteiger partial charge in [0.25, 0.3) is 0 Å². The summed E-state index contributed by atoms with van der Waals surface area (Å²) in [6.07, 6.45) is 3.81. The van der Waals surface area contributed by atoms with Crippen LogP contribution >= 0.6 is 15.9 Å². The van der Waals surface area contributed by atoms with Crippen LogP contribution in [0.15, 0.2) is 41.3 Å². The maximum absolute atomic E-state index is 4.27. The zero-order valence-electron chi connectivity index (χ0n) is 10.9. The van der Waals surface area contributed by atoms with Crippen LogP contribution in [0.1, 0.15) is 25.1 Å². The molecule has 18 heavy (non-hydrogen) atoms. The zero-order valence-corrected chi connectivity index (χ0v) is 12.5. The van der Waals surface area contributed by atoms with Gasteiger partial charge in [-0.05, 0) is 38.6 Å². The quantitative estimate of drug-likeness (QED) is 0.940. The molecule has 96 valence electrons. The third-order valence-electron chi connectivity index (χ3n) is 3.22. The predicted molar refractivity (Wildman–Crippen MR) is 77.6 cm³/mol. The van der Waals surface area contributed by atoms with Crippen molar-refractivity contribution < 1.29 is 0 Å². The van der Waals surface area contributed by atoms with E-state index >= 15 is 0 Å². The second kappa shape index (κ2) is 5.24. The fourth-order valence-corrected chi connectivity index (χ4v) is 2.37. The average molecular weight is 308 g/mol. The lowest BCUT2D eigenvalue weighted by molar-refractivity contribution is 0.413. The van der Waals surface area contributed by atoms with Gasteiger partial charge in [-0.2, -0.15) is 0 Å². The standard InChI is InChI=1S/C14H18BrN3/c1-14(2,16-3)13-8-17-10-18(13)9-11-5-4-6-12(15)7-11/h4-8,10,16H,9H2,1-3H3. The Kier molecular flexibility index (Phi) is 3.88. The van der Waals surface area contributed by atoms with Crippen molar-refractivity contribution in [2.75, 3.05) is 7.05 Å². The number of benzene rings is 1. The molecule has 2 aromatic rings. The number of halogens is 1. The third kappa shape index (κ3) is 2.82. The number of rotatable bonds is 4. The Labute approximate surface area is 116 Å². The van der Waals surface area contributed by atoms with Crippen molar-refractivity contribution in [2.24, 2.45) is 0 Å². The van der Waals surface area contributed by atoms with Crippen LogP contribution in [0, 0.1) is 0 Å². The SMILES string of the molecule is CNC(C)(C)c1cncn1Cc1cccc(Br)c1. The number of imidazole rings is 1. The summed E-state index contributed by atoms with van der Waals surface area (Å²) in [5, 5.41) is 3.31. The van der Waals surface area contributed by atoms with Gasteiger partial charge in [0, 0.05) is 11.0 Å². The summed E-state index contributed by atoms with van der Waals surface area (Å²) < 4.78 is 3.28. The Balaban J connectivity index is 2.28. The van der Waals surface area contributed by atoms with Gasteiger partial charge < -0.3 is 9.88 Å². The van der Waals surface area contributed by atoms with Gasteiger partial charge in [0.15, 0.2) is 0 Å². The Morgan fingerprint density at radius 2 is 2.17 bits per heavy atom.